The minimum absolute atomic E-state index is 0.0384. The van der Waals surface area contributed by atoms with Crippen molar-refractivity contribution in [2.24, 2.45) is 0 Å². The Bertz CT molecular complexity index is 575. The first-order valence-corrected chi connectivity index (χ1v) is 6.53. The molecule has 0 fully saturated rings. The third-order valence-corrected chi connectivity index (χ3v) is 2.51. The number of hydrazine groups is 1. The van der Waals surface area contributed by atoms with Gasteiger partial charge < -0.3 is 4.74 Å². The Morgan fingerprint density at radius 1 is 1.23 bits per heavy atom. The lowest BCUT2D eigenvalue weighted by Gasteiger charge is -2.22. The second-order valence-electron chi connectivity index (χ2n) is 5.76. The second-order valence-corrected chi connectivity index (χ2v) is 5.76. The highest BCUT2D eigenvalue weighted by Crippen LogP contribution is 2.39. The largest absolute Gasteiger partial charge is 0.443 e. The van der Waals surface area contributed by atoms with Crippen LogP contribution < -0.4 is 10.9 Å². The summed E-state index contributed by atoms with van der Waals surface area (Å²) in [6, 6.07) is 3.98. The van der Waals surface area contributed by atoms with E-state index in [-0.39, 0.29) is 16.8 Å². The van der Waals surface area contributed by atoms with Crippen molar-refractivity contribution >= 4 is 17.4 Å². The maximum atomic E-state index is 13.2. The highest BCUT2D eigenvalue weighted by atomic mass is 19.4. The molecule has 0 aliphatic rings. The molecule has 0 spiro atoms. The van der Waals surface area contributed by atoms with E-state index in [1.54, 1.807) is 20.8 Å². The molecule has 0 atom stereocenters. The van der Waals surface area contributed by atoms with Crippen LogP contribution in [0, 0.1) is 0 Å². The molecule has 0 saturated heterocycles. The van der Waals surface area contributed by atoms with Crippen molar-refractivity contribution in [1.29, 1.82) is 0 Å². The number of carbonyl (C=O) groups is 1. The molecule has 1 rings (SSSR count). The van der Waals surface area contributed by atoms with E-state index >= 15 is 0 Å². The molecule has 122 valence electrons. The van der Waals surface area contributed by atoms with E-state index in [1.807, 2.05) is 0 Å². The Balaban J connectivity index is 3.03. The molecule has 1 amide bonds. The van der Waals surface area contributed by atoms with Gasteiger partial charge in [0.05, 0.1) is 11.3 Å². The number of alkyl halides is 3. The van der Waals surface area contributed by atoms with Gasteiger partial charge in [0.1, 0.15) is 5.60 Å². The van der Waals surface area contributed by atoms with Crippen LogP contribution in [0.25, 0.3) is 5.57 Å². The fraction of sp³-hybridized carbons (Fsp3) is 0.400. The summed E-state index contributed by atoms with van der Waals surface area (Å²) in [5.74, 6) is 0. The van der Waals surface area contributed by atoms with Gasteiger partial charge >= 0.3 is 12.3 Å². The van der Waals surface area contributed by atoms with E-state index in [0.29, 0.717) is 0 Å². The van der Waals surface area contributed by atoms with Crippen molar-refractivity contribution in [2.45, 2.75) is 39.5 Å². The van der Waals surface area contributed by atoms with Crippen LogP contribution in [0.5, 0.6) is 0 Å². The van der Waals surface area contributed by atoms with Gasteiger partial charge in [-0.2, -0.15) is 13.2 Å². The van der Waals surface area contributed by atoms with Gasteiger partial charge in [0.25, 0.3) is 0 Å². The third-order valence-electron chi connectivity index (χ3n) is 2.51. The fourth-order valence-electron chi connectivity index (χ4n) is 1.74. The molecule has 4 nitrogen and oxygen atoms in total. The molecule has 0 heterocycles. The molecule has 0 aliphatic carbocycles. The first-order valence-electron chi connectivity index (χ1n) is 6.53. The zero-order valence-corrected chi connectivity index (χ0v) is 12.9. The van der Waals surface area contributed by atoms with E-state index in [4.69, 9.17) is 4.74 Å². The van der Waals surface area contributed by atoms with Crippen molar-refractivity contribution in [3.63, 3.8) is 0 Å². The minimum atomic E-state index is -4.59. The average Bonchev–Trinajstić information content (AvgIpc) is 2.32. The van der Waals surface area contributed by atoms with Crippen LogP contribution in [0.15, 0.2) is 24.8 Å². The number of carbonyl (C=O) groups excluding carboxylic acids is 1. The molecular formula is C15H19F3N2O2. The number of rotatable bonds is 3. The summed E-state index contributed by atoms with van der Waals surface area (Å²) in [5.41, 5.74) is 2.66. The van der Waals surface area contributed by atoms with E-state index in [0.717, 1.165) is 0 Å². The summed E-state index contributed by atoms with van der Waals surface area (Å²) in [4.78, 5) is 11.5. The van der Waals surface area contributed by atoms with Crippen LogP contribution in [-0.2, 0) is 10.9 Å². The smallest absolute Gasteiger partial charge is 0.426 e. The number of anilines is 1. The molecule has 1 aromatic rings. The highest BCUT2D eigenvalue weighted by molar-refractivity contribution is 5.74. The third kappa shape index (κ3) is 4.98. The maximum Gasteiger partial charge on any atom is 0.426 e. The number of benzene rings is 1. The van der Waals surface area contributed by atoms with E-state index in [9.17, 15) is 18.0 Å². The summed E-state index contributed by atoms with van der Waals surface area (Å²) >= 11 is 0. The van der Waals surface area contributed by atoms with Crippen molar-refractivity contribution < 1.29 is 22.7 Å². The first kappa shape index (κ1) is 17.9. The van der Waals surface area contributed by atoms with Crippen molar-refractivity contribution in [3.05, 3.63) is 35.9 Å². The summed E-state index contributed by atoms with van der Waals surface area (Å²) in [6.07, 6.45) is -5.46. The van der Waals surface area contributed by atoms with Crippen LogP contribution in [0.2, 0.25) is 0 Å². The molecular weight excluding hydrogens is 297 g/mol. The van der Waals surface area contributed by atoms with Gasteiger partial charge in [-0.1, -0.05) is 24.3 Å². The molecule has 2 N–H and O–H groups in total. The van der Waals surface area contributed by atoms with Crippen molar-refractivity contribution in [3.8, 4) is 0 Å². The van der Waals surface area contributed by atoms with Crippen LogP contribution in [0.3, 0.4) is 0 Å². The number of hydrogen-bond donors (Lipinski definition) is 2. The molecule has 7 heteroatoms. The minimum Gasteiger partial charge on any atom is -0.443 e. The Morgan fingerprint density at radius 2 is 1.82 bits per heavy atom. The van der Waals surface area contributed by atoms with Crippen LogP contribution in [-0.4, -0.2) is 11.7 Å². The molecule has 22 heavy (non-hydrogen) atoms. The van der Waals surface area contributed by atoms with Crippen molar-refractivity contribution in [2.75, 3.05) is 5.43 Å². The number of allylic oxidation sites excluding steroid dienone is 1. The van der Waals surface area contributed by atoms with Crippen molar-refractivity contribution in [1.82, 2.24) is 5.43 Å². The number of hydrogen-bond acceptors (Lipinski definition) is 3. The van der Waals surface area contributed by atoms with Crippen LogP contribution in [0.1, 0.15) is 38.8 Å². The molecule has 0 radical (unpaired) electrons. The first-order chi connectivity index (χ1) is 9.92. The maximum absolute atomic E-state index is 13.2. The predicted octanol–water partition coefficient (Wildman–Crippen LogP) is 4.59. The number of amides is 1. The monoisotopic (exact) mass is 316 g/mol. The molecule has 0 aliphatic heterocycles. The Labute approximate surface area is 127 Å². The van der Waals surface area contributed by atoms with Gasteiger partial charge in [0.2, 0.25) is 0 Å². The molecule has 0 unspecified atom stereocenters. The van der Waals surface area contributed by atoms with Gasteiger partial charge in [-0.15, -0.1) is 0 Å². The Hall–Kier alpha value is -2.18. The van der Waals surface area contributed by atoms with E-state index < -0.39 is 23.4 Å². The summed E-state index contributed by atoms with van der Waals surface area (Å²) < 4.78 is 44.7. The SMILES string of the molecule is C=C(C)c1cccc(NNC(=O)OC(C)(C)C)c1C(F)(F)F. The zero-order valence-electron chi connectivity index (χ0n) is 12.9. The summed E-state index contributed by atoms with van der Waals surface area (Å²) in [7, 11) is 0. The highest BCUT2D eigenvalue weighted by Gasteiger charge is 2.36. The van der Waals surface area contributed by atoms with Gasteiger partial charge in [-0.3, -0.25) is 5.43 Å². The van der Waals surface area contributed by atoms with Crippen LogP contribution in [0.4, 0.5) is 23.7 Å². The Morgan fingerprint density at radius 3 is 2.27 bits per heavy atom. The lowest BCUT2D eigenvalue weighted by Crippen LogP contribution is -2.36. The van der Waals surface area contributed by atoms with Crippen LogP contribution >= 0.6 is 0 Å². The van der Waals surface area contributed by atoms with Gasteiger partial charge in [0.15, 0.2) is 0 Å². The normalized spacial score (nSPS) is 11.8. The lowest BCUT2D eigenvalue weighted by molar-refractivity contribution is -0.137. The number of nitrogens with one attached hydrogen (secondary N) is 2. The molecule has 0 saturated carbocycles. The predicted molar refractivity (Wildman–Crippen MR) is 79.1 cm³/mol. The number of ether oxygens (including phenoxy) is 1. The van der Waals surface area contributed by atoms with Gasteiger partial charge in [0, 0.05) is 0 Å². The topological polar surface area (TPSA) is 50.4 Å². The lowest BCUT2D eigenvalue weighted by atomic mass is 10.00. The quantitative estimate of drug-likeness (QED) is 0.802. The summed E-state index contributed by atoms with van der Waals surface area (Å²) in [5, 5.41) is 0. The second kappa shape index (κ2) is 6.29. The van der Waals surface area contributed by atoms with E-state index in [2.05, 4.69) is 17.4 Å². The average molecular weight is 316 g/mol. The van der Waals surface area contributed by atoms with Gasteiger partial charge in [-0.05, 0) is 39.3 Å². The standard InChI is InChI=1S/C15H19F3N2O2/c1-9(2)10-7-6-8-11(12(10)15(16,17)18)19-20-13(21)22-14(3,4)5/h6-8,19H,1H2,2-5H3,(H,20,21). The zero-order chi connectivity index (χ0) is 17.1. The van der Waals surface area contributed by atoms with E-state index in [1.165, 1.54) is 25.1 Å². The number of halogens is 3. The fourth-order valence-corrected chi connectivity index (χ4v) is 1.74. The van der Waals surface area contributed by atoms with Gasteiger partial charge in [-0.25, -0.2) is 10.2 Å². The Kier molecular flexibility index (Phi) is 5.11. The summed E-state index contributed by atoms with van der Waals surface area (Å²) in [6.45, 7) is 9.97. The molecule has 0 aromatic heterocycles. The molecule has 0 bridgehead atoms. The molecule has 1 aromatic carbocycles.